The Bertz CT molecular complexity index is 1050. The van der Waals surface area contributed by atoms with Crippen molar-refractivity contribution in [1.29, 1.82) is 0 Å². The fraction of sp³-hybridized carbons (Fsp3) is 0.348. The van der Waals surface area contributed by atoms with Crippen molar-refractivity contribution in [2.24, 2.45) is 0 Å². The molecule has 0 amide bonds. The van der Waals surface area contributed by atoms with Crippen LogP contribution in [0.3, 0.4) is 0 Å². The number of hydrogen-bond donors (Lipinski definition) is 2. The van der Waals surface area contributed by atoms with Crippen LogP contribution in [0.2, 0.25) is 0 Å². The van der Waals surface area contributed by atoms with Crippen LogP contribution in [0.1, 0.15) is 50.2 Å². The van der Waals surface area contributed by atoms with Crippen LogP contribution < -0.4 is 4.90 Å². The molecule has 1 aliphatic rings. The third kappa shape index (κ3) is 4.57. The number of nitrogens with zero attached hydrogens (tertiary/aromatic N) is 1. The van der Waals surface area contributed by atoms with Gasteiger partial charge in [-0.1, -0.05) is 49.8 Å². The number of benzene rings is 2. The lowest BCUT2D eigenvalue weighted by Crippen LogP contribution is -2.27. The minimum atomic E-state index is -4.32. The van der Waals surface area contributed by atoms with Crippen molar-refractivity contribution in [1.82, 2.24) is 0 Å². The first-order valence-electron chi connectivity index (χ1n) is 9.97. The van der Waals surface area contributed by atoms with E-state index in [4.69, 9.17) is 5.11 Å². The Balaban J connectivity index is 1.92. The summed E-state index contributed by atoms with van der Waals surface area (Å²) < 4.78 is 33.0. The zero-order valence-corrected chi connectivity index (χ0v) is 17.9. The van der Waals surface area contributed by atoms with E-state index in [0.717, 1.165) is 35.4 Å². The van der Waals surface area contributed by atoms with Gasteiger partial charge in [-0.05, 0) is 49.1 Å². The summed E-state index contributed by atoms with van der Waals surface area (Å²) in [6.45, 7) is 6.97. The van der Waals surface area contributed by atoms with E-state index in [1.165, 1.54) is 12.1 Å². The van der Waals surface area contributed by atoms with E-state index in [1.807, 2.05) is 37.3 Å². The van der Waals surface area contributed by atoms with E-state index in [1.54, 1.807) is 6.07 Å². The molecule has 0 fully saturated rings. The van der Waals surface area contributed by atoms with Gasteiger partial charge >= 0.3 is 5.97 Å². The number of carbonyl (C=O) groups is 1. The first-order valence-corrected chi connectivity index (χ1v) is 11.4. The van der Waals surface area contributed by atoms with E-state index in [2.05, 4.69) is 11.5 Å². The average molecular weight is 430 g/mol. The predicted octanol–water partition coefficient (Wildman–Crippen LogP) is 4.76. The number of hydrogen-bond acceptors (Lipinski definition) is 4. The van der Waals surface area contributed by atoms with Gasteiger partial charge in [-0.2, -0.15) is 8.42 Å². The van der Waals surface area contributed by atoms with Crippen LogP contribution in [0.4, 0.5) is 5.69 Å². The van der Waals surface area contributed by atoms with Crippen molar-refractivity contribution in [3.8, 4) is 0 Å². The van der Waals surface area contributed by atoms with Crippen LogP contribution in [0.15, 0.2) is 65.7 Å². The number of carboxylic acids is 1. The smallest absolute Gasteiger partial charge is 0.303 e. The molecule has 160 valence electrons. The summed E-state index contributed by atoms with van der Waals surface area (Å²) in [5.74, 6) is -0.802. The second kappa shape index (κ2) is 8.62. The number of anilines is 1. The van der Waals surface area contributed by atoms with Crippen molar-refractivity contribution >= 4 is 21.8 Å². The molecule has 0 spiro atoms. The van der Waals surface area contributed by atoms with Gasteiger partial charge < -0.3 is 10.0 Å². The maximum Gasteiger partial charge on any atom is 0.303 e. The largest absolute Gasteiger partial charge is 0.481 e. The van der Waals surface area contributed by atoms with Gasteiger partial charge in [-0.15, -0.1) is 0 Å². The van der Waals surface area contributed by atoms with Gasteiger partial charge in [0.2, 0.25) is 0 Å². The normalized spacial score (nSPS) is 18.5. The maximum absolute atomic E-state index is 11.7. The highest BCUT2D eigenvalue weighted by atomic mass is 32.2. The molecule has 1 aliphatic heterocycles. The summed E-state index contributed by atoms with van der Waals surface area (Å²) in [4.78, 5) is 12.7. The van der Waals surface area contributed by atoms with Gasteiger partial charge in [0.25, 0.3) is 10.1 Å². The van der Waals surface area contributed by atoms with Gasteiger partial charge in [-0.25, -0.2) is 0 Å². The van der Waals surface area contributed by atoms with Crippen molar-refractivity contribution < 1.29 is 22.9 Å². The zero-order valence-electron chi connectivity index (χ0n) is 17.0. The molecule has 2 N–H and O–H groups in total. The van der Waals surface area contributed by atoms with Crippen molar-refractivity contribution in [2.45, 2.75) is 55.9 Å². The monoisotopic (exact) mass is 429 g/mol. The number of allylic oxidation sites excluding steroid dienone is 1. The van der Waals surface area contributed by atoms with Crippen LogP contribution >= 0.6 is 0 Å². The first-order chi connectivity index (χ1) is 14.1. The second-order valence-corrected chi connectivity index (χ2v) is 9.38. The highest BCUT2D eigenvalue weighted by Gasteiger charge is 2.42. The molecule has 3 rings (SSSR count). The number of fused-ring (bicyclic) bond motifs is 1. The fourth-order valence-electron chi connectivity index (χ4n) is 4.11. The Kier molecular flexibility index (Phi) is 6.33. The average Bonchev–Trinajstić information content (AvgIpc) is 2.89. The fourth-order valence-corrected chi connectivity index (χ4v) is 4.62. The molecule has 0 bridgehead atoms. The van der Waals surface area contributed by atoms with Crippen LogP contribution in [0, 0.1) is 0 Å². The molecule has 2 aromatic rings. The molecule has 0 radical (unpaired) electrons. The number of rotatable bonds is 9. The summed E-state index contributed by atoms with van der Waals surface area (Å²) in [6.07, 6.45) is 3.00. The lowest BCUT2D eigenvalue weighted by atomic mass is 9.77. The summed E-state index contributed by atoms with van der Waals surface area (Å²) in [5, 5.41) is 8.83. The number of unbranched alkanes of at least 4 members (excludes halogenated alkanes) is 2. The zero-order chi connectivity index (χ0) is 21.9. The van der Waals surface area contributed by atoms with Crippen LogP contribution in [-0.4, -0.2) is 24.0 Å². The predicted molar refractivity (Wildman–Crippen MR) is 116 cm³/mol. The van der Waals surface area contributed by atoms with Crippen molar-refractivity contribution in [3.05, 3.63) is 71.9 Å². The molecule has 0 saturated heterocycles. The summed E-state index contributed by atoms with van der Waals surface area (Å²) >= 11 is 0. The molecule has 0 saturated carbocycles. The van der Waals surface area contributed by atoms with Crippen molar-refractivity contribution in [2.75, 3.05) is 4.90 Å². The molecule has 1 unspecified atom stereocenters. The van der Waals surface area contributed by atoms with E-state index in [9.17, 15) is 17.8 Å². The van der Waals surface area contributed by atoms with Gasteiger partial charge in [0, 0.05) is 29.8 Å². The minimum Gasteiger partial charge on any atom is -0.481 e. The third-order valence-electron chi connectivity index (χ3n) is 5.86. The molecule has 7 heteroatoms. The Morgan fingerprint density at radius 1 is 1.10 bits per heavy atom. The number of aliphatic carboxylic acids is 1. The van der Waals surface area contributed by atoms with E-state index >= 15 is 0 Å². The van der Waals surface area contributed by atoms with Crippen molar-refractivity contribution in [3.63, 3.8) is 0 Å². The Morgan fingerprint density at radius 3 is 2.43 bits per heavy atom. The molecule has 6 nitrogen and oxygen atoms in total. The standard InChI is InChI=1S/C23H27NO5S/c1-17-23(2,14-8-4-7-11-22(25)26)20-15-19(30(27,28)29)12-13-21(20)24(17)16-18-9-5-3-6-10-18/h3,5-6,9-10,12-13,15H,1,4,7-8,11,14,16H2,2H3,(H,25,26)(H,27,28,29). The second-order valence-electron chi connectivity index (χ2n) is 7.96. The Morgan fingerprint density at radius 2 is 1.80 bits per heavy atom. The van der Waals surface area contributed by atoms with E-state index < -0.39 is 21.5 Å². The lowest BCUT2D eigenvalue weighted by Gasteiger charge is -2.29. The van der Waals surface area contributed by atoms with Crippen LogP contribution in [0.5, 0.6) is 0 Å². The Hall–Kier alpha value is -2.64. The topological polar surface area (TPSA) is 94.9 Å². The SMILES string of the molecule is C=C1N(Cc2ccccc2)c2ccc(S(=O)(=O)O)cc2C1(C)CCCCCC(=O)O. The molecule has 1 atom stereocenters. The van der Waals surface area contributed by atoms with Gasteiger partial charge in [-0.3, -0.25) is 9.35 Å². The van der Waals surface area contributed by atoms with Crippen LogP contribution in [0.25, 0.3) is 0 Å². The van der Waals surface area contributed by atoms with Gasteiger partial charge in [0.15, 0.2) is 0 Å². The number of carboxylic acid groups (broad SMARTS) is 1. The highest BCUT2D eigenvalue weighted by Crippen LogP contribution is 2.51. The molecule has 30 heavy (non-hydrogen) atoms. The molecule has 2 aromatic carbocycles. The summed E-state index contributed by atoms with van der Waals surface area (Å²) in [5.41, 5.74) is 3.16. The van der Waals surface area contributed by atoms with Gasteiger partial charge in [0.05, 0.1) is 4.90 Å². The minimum absolute atomic E-state index is 0.132. The maximum atomic E-state index is 11.7. The third-order valence-corrected chi connectivity index (χ3v) is 6.71. The molecule has 1 heterocycles. The molecule has 0 aliphatic carbocycles. The highest BCUT2D eigenvalue weighted by molar-refractivity contribution is 7.85. The van der Waals surface area contributed by atoms with E-state index in [-0.39, 0.29) is 11.3 Å². The quantitative estimate of drug-likeness (QED) is 0.441. The van der Waals surface area contributed by atoms with E-state index in [0.29, 0.717) is 19.4 Å². The van der Waals surface area contributed by atoms with Gasteiger partial charge in [0.1, 0.15) is 0 Å². The van der Waals surface area contributed by atoms with Crippen LogP contribution in [-0.2, 0) is 26.9 Å². The lowest BCUT2D eigenvalue weighted by molar-refractivity contribution is -0.137. The molecular weight excluding hydrogens is 402 g/mol. The molecular formula is C23H27NO5S. The first kappa shape index (κ1) is 22.1. The molecule has 0 aromatic heterocycles. The Labute approximate surface area is 177 Å². The summed E-state index contributed by atoms with van der Waals surface area (Å²) in [6, 6.07) is 14.6. The summed E-state index contributed by atoms with van der Waals surface area (Å²) in [7, 11) is -4.32.